The molecule has 0 unspecified atom stereocenters. The number of methoxy groups -OCH3 is 2. The molecule has 0 aliphatic heterocycles. The number of ketones is 1. The Kier molecular flexibility index (Phi) is 8.34. The van der Waals surface area contributed by atoms with Gasteiger partial charge in [-0.25, -0.2) is 0 Å². The fraction of sp³-hybridized carbons (Fsp3) is 0.393. The predicted molar refractivity (Wildman–Crippen MR) is 131 cm³/mol. The van der Waals surface area contributed by atoms with Gasteiger partial charge in [-0.15, -0.1) is 0 Å². The van der Waals surface area contributed by atoms with Crippen LogP contribution in [0.1, 0.15) is 61.0 Å². The number of ether oxygens (including phenoxy) is 3. The molecule has 176 valence electrons. The largest absolute Gasteiger partial charge is 0.507 e. The number of carbonyl (C=O) groups is 1. The third-order valence-corrected chi connectivity index (χ3v) is 6.28. The molecule has 0 saturated carbocycles. The van der Waals surface area contributed by atoms with E-state index in [2.05, 4.69) is 26.8 Å². The molecule has 5 nitrogen and oxygen atoms in total. The summed E-state index contributed by atoms with van der Waals surface area (Å²) in [5, 5.41) is 11.5. The number of rotatable bonds is 9. The zero-order valence-corrected chi connectivity index (χ0v) is 20.1. The Hall–Kier alpha value is -3.05. The number of allylic oxidation sites excluding steroid dienone is 3. The molecule has 0 spiro atoms. The van der Waals surface area contributed by atoms with E-state index in [4.69, 9.17) is 14.2 Å². The van der Waals surface area contributed by atoms with Gasteiger partial charge in [-0.2, -0.15) is 0 Å². The Labute approximate surface area is 196 Å². The molecule has 5 heteroatoms. The highest BCUT2D eigenvalue weighted by Gasteiger charge is 2.34. The maximum atomic E-state index is 13.3. The van der Waals surface area contributed by atoms with Crippen LogP contribution in [0.2, 0.25) is 0 Å². The van der Waals surface area contributed by atoms with Crippen LogP contribution in [0.4, 0.5) is 0 Å². The number of hydrogen-bond acceptors (Lipinski definition) is 5. The van der Waals surface area contributed by atoms with Crippen molar-refractivity contribution < 1.29 is 24.1 Å². The summed E-state index contributed by atoms with van der Waals surface area (Å²) in [5.41, 5.74) is 2.92. The second kappa shape index (κ2) is 11.2. The quantitative estimate of drug-likeness (QED) is 0.208. The average molecular weight is 451 g/mol. The summed E-state index contributed by atoms with van der Waals surface area (Å²) in [5.74, 6) is 0.967. The molecule has 1 aliphatic rings. The van der Waals surface area contributed by atoms with Crippen LogP contribution in [-0.2, 0) is 4.74 Å². The van der Waals surface area contributed by atoms with Gasteiger partial charge in [-0.1, -0.05) is 61.9 Å². The van der Waals surface area contributed by atoms with Crippen molar-refractivity contribution in [1.29, 1.82) is 0 Å². The number of hydrogen-bond donors (Lipinski definition) is 1. The van der Waals surface area contributed by atoms with Crippen molar-refractivity contribution in [1.82, 2.24) is 0 Å². The van der Waals surface area contributed by atoms with Gasteiger partial charge in [-0.3, -0.25) is 4.79 Å². The Morgan fingerprint density at radius 2 is 1.91 bits per heavy atom. The SMILES string of the molecule is COCOc1cc(OC)c([C@H]2C=C(C)CC[C@@H]2C(C)C)c(O)c1C(=O)/C=C/c1ccccc1. The van der Waals surface area contributed by atoms with Crippen molar-refractivity contribution in [2.75, 3.05) is 21.0 Å². The topological polar surface area (TPSA) is 65.0 Å². The monoisotopic (exact) mass is 450 g/mol. The third kappa shape index (κ3) is 5.66. The van der Waals surface area contributed by atoms with Crippen molar-refractivity contribution in [3.8, 4) is 17.2 Å². The second-order valence-electron chi connectivity index (χ2n) is 8.86. The van der Waals surface area contributed by atoms with Crippen LogP contribution in [0.3, 0.4) is 0 Å². The summed E-state index contributed by atoms with van der Waals surface area (Å²) in [4.78, 5) is 13.3. The first kappa shape index (κ1) is 24.6. The molecule has 2 aromatic rings. The van der Waals surface area contributed by atoms with Crippen molar-refractivity contribution in [2.45, 2.75) is 39.5 Å². The fourth-order valence-corrected chi connectivity index (χ4v) is 4.55. The van der Waals surface area contributed by atoms with E-state index >= 15 is 0 Å². The number of phenols is 1. The summed E-state index contributed by atoms with van der Waals surface area (Å²) in [7, 11) is 3.07. The molecule has 0 aromatic heterocycles. The molecular formula is C28H34O5. The average Bonchev–Trinajstić information content (AvgIpc) is 2.81. The van der Waals surface area contributed by atoms with Crippen LogP contribution in [-0.4, -0.2) is 31.9 Å². The van der Waals surface area contributed by atoms with Crippen molar-refractivity contribution in [2.24, 2.45) is 11.8 Å². The summed E-state index contributed by atoms with van der Waals surface area (Å²) in [6.07, 6.45) is 7.44. The van der Waals surface area contributed by atoms with Gasteiger partial charge in [0.05, 0.1) is 7.11 Å². The van der Waals surface area contributed by atoms with Gasteiger partial charge in [-0.05, 0) is 43.2 Å². The first-order valence-corrected chi connectivity index (χ1v) is 11.4. The third-order valence-electron chi connectivity index (χ3n) is 6.28. The Balaban J connectivity index is 2.15. The van der Waals surface area contributed by atoms with Crippen LogP contribution in [0.5, 0.6) is 17.2 Å². The maximum absolute atomic E-state index is 13.3. The minimum atomic E-state index is -0.344. The molecule has 0 amide bonds. The lowest BCUT2D eigenvalue weighted by molar-refractivity contribution is 0.0500. The first-order valence-electron chi connectivity index (χ1n) is 11.4. The van der Waals surface area contributed by atoms with Gasteiger partial charge in [0.25, 0.3) is 0 Å². The van der Waals surface area contributed by atoms with Gasteiger partial charge >= 0.3 is 0 Å². The van der Waals surface area contributed by atoms with Gasteiger partial charge in [0.2, 0.25) is 0 Å². The van der Waals surface area contributed by atoms with E-state index in [0.717, 1.165) is 18.4 Å². The highest BCUT2D eigenvalue weighted by atomic mass is 16.7. The normalized spacial score (nSPS) is 18.4. The minimum absolute atomic E-state index is 0.0539. The van der Waals surface area contributed by atoms with Crippen LogP contribution < -0.4 is 9.47 Å². The molecular weight excluding hydrogens is 416 g/mol. The number of carbonyl (C=O) groups excluding carboxylic acids is 1. The molecule has 1 aliphatic carbocycles. The zero-order valence-electron chi connectivity index (χ0n) is 20.1. The number of benzene rings is 2. The summed E-state index contributed by atoms with van der Waals surface area (Å²) in [6.45, 7) is 6.44. The molecule has 2 atom stereocenters. The highest BCUT2D eigenvalue weighted by Crippen LogP contribution is 2.50. The standard InChI is InChI=1S/C28H34O5/c1-18(2)21-13-11-19(3)15-22(21)26-24(32-5)16-25(33-17-31-4)27(28(26)30)23(29)14-12-20-9-7-6-8-10-20/h6-10,12,14-16,18,21-22,30H,11,13,17H2,1-5H3/b14-12+/t21-,22+/m1/s1. The summed E-state index contributed by atoms with van der Waals surface area (Å²) >= 11 is 0. The van der Waals surface area contributed by atoms with Gasteiger partial charge < -0.3 is 19.3 Å². The van der Waals surface area contributed by atoms with E-state index in [1.807, 2.05) is 30.3 Å². The molecule has 0 bridgehead atoms. The highest BCUT2D eigenvalue weighted by molar-refractivity contribution is 6.11. The maximum Gasteiger partial charge on any atom is 0.193 e. The van der Waals surface area contributed by atoms with E-state index in [1.54, 1.807) is 19.3 Å². The molecule has 1 N–H and O–H groups in total. The summed E-state index contributed by atoms with van der Waals surface area (Å²) in [6, 6.07) is 11.2. The van der Waals surface area contributed by atoms with E-state index < -0.39 is 0 Å². The predicted octanol–water partition coefficient (Wildman–Crippen LogP) is 6.38. The first-order chi connectivity index (χ1) is 15.9. The lowest BCUT2D eigenvalue weighted by Gasteiger charge is -2.34. The van der Waals surface area contributed by atoms with Gasteiger partial charge in [0.15, 0.2) is 12.6 Å². The van der Waals surface area contributed by atoms with Gasteiger partial charge in [0.1, 0.15) is 22.8 Å². The molecule has 0 saturated heterocycles. The van der Waals surface area contributed by atoms with E-state index in [9.17, 15) is 9.90 Å². The lowest BCUT2D eigenvalue weighted by Crippen LogP contribution is -2.22. The molecule has 2 aromatic carbocycles. The molecule has 0 fully saturated rings. The van der Waals surface area contributed by atoms with Crippen molar-refractivity contribution in [3.05, 3.63) is 70.8 Å². The lowest BCUT2D eigenvalue weighted by atomic mass is 9.71. The zero-order chi connectivity index (χ0) is 24.0. The van der Waals surface area contributed by atoms with Crippen LogP contribution in [0, 0.1) is 11.8 Å². The molecule has 0 heterocycles. The van der Waals surface area contributed by atoms with E-state index in [0.29, 0.717) is 23.1 Å². The van der Waals surface area contributed by atoms with Crippen molar-refractivity contribution >= 4 is 11.9 Å². The number of aromatic hydroxyl groups is 1. The Morgan fingerprint density at radius 1 is 1.18 bits per heavy atom. The minimum Gasteiger partial charge on any atom is -0.507 e. The van der Waals surface area contributed by atoms with Crippen LogP contribution >= 0.6 is 0 Å². The van der Waals surface area contributed by atoms with Crippen LogP contribution in [0.25, 0.3) is 6.08 Å². The fourth-order valence-electron chi connectivity index (χ4n) is 4.55. The van der Waals surface area contributed by atoms with Crippen molar-refractivity contribution in [3.63, 3.8) is 0 Å². The summed E-state index contributed by atoms with van der Waals surface area (Å²) < 4.78 is 16.4. The number of phenolic OH excluding ortho intramolecular Hbond substituents is 1. The van der Waals surface area contributed by atoms with E-state index in [-0.39, 0.29) is 35.6 Å². The van der Waals surface area contributed by atoms with Crippen LogP contribution in [0.15, 0.2) is 54.1 Å². The molecule has 0 radical (unpaired) electrons. The Bertz CT molecular complexity index is 1020. The molecule has 3 rings (SSSR count). The molecule has 33 heavy (non-hydrogen) atoms. The van der Waals surface area contributed by atoms with E-state index in [1.165, 1.54) is 18.8 Å². The Morgan fingerprint density at radius 3 is 2.55 bits per heavy atom. The second-order valence-corrected chi connectivity index (χ2v) is 8.86. The smallest absolute Gasteiger partial charge is 0.193 e. The van der Waals surface area contributed by atoms with Gasteiger partial charge in [0, 0.05) is 24.7 Å².